The highest BCUT2D eigenvalue weighted by atomic mass is 16.5. The van der Waals surface area contributed by atoms with Crippen molar-refractivity contribution in [1.82, 2.24) is 5.32 Å². The van der Waals surface area contributed by atoms with Crippen molar-refractivity contribution in [3.8, 4) is 0 Å². The monoisotopic (exact) mass is 233 g/mol. The number of hydrogen-bond acceptors (Lipinski definition) is 3. The summed E-state index contributed by atoms with van der Waals surface area (Å²) in [5, 5.41) is 3.34. The Morgan fingerprint density at radius 1 is 1.47 bits per heavy atom. The van der Waals surface area contributed by atoms with Gasteiger partial charge in [-0.1, -0.05) is 23.8 Å². The number of fused-ring (bicyclic) bond motifs is 1. The summed E-state index contributed by atoms with van der Waals surface area (Å²) >= 11 is 0. The molecule has 3 nitrogen and oxygen atoms in total. The molecule has 17 heavy (non-hydrogen) atoms. The Kier molecular flexibility index (Phi) is 2.96. The van der Waals surface area contributed by atoms with Crippen LogP contribution in [0.5, 0.6) is 0 Å². The van der Waals surface area contributed by atoms with E-state index in [0.29, 0.717) is 6.42 Å². The number of benzene rings is 1. The molecule has 0 fully saturated rings. The zero-order valence-electron chi connectivity index (χ0n) is 10.8. The van der Waals surface area contributed by atoms with E-state index < -0.39 is 0 Å². The van der Waals surface area contributed by atoms with Crippen molar-refractivity contribution in [2.24, 2.45) is 0 Å². The number of rotatable bonds is 1. The summed E-state index contributed by atoms with van der Waals surface area (Å²) in [6.07, 6.45) is 0.702. The molecule has 2 rings (SSSR count). The molecule has 0 saturated heterocycles. The van der Waals surface area contributed by atoms with Gasteiger partial charge in [0.2, 0.25) is 0 Å². The number of carbonyl (C=O) groups is 1. The third-order valence-corrected chi connectivity index (χ3v) is 3.38. The fraction of sp³-hybridized carbons (Fsp3) is 0.500. The van der Waals surface area contributed by atoms with E-state index in [0.717, 1.165) is 0 Å². The van der Waals surface area contributed by atoms with Crippen molar-refractivity contribution in [3.05, 3.63) is 34.9 Å². The lowest BCUT2D eigenvalue weighted by Crippen LogP contribution is -2.53. The lowest BCUT2D eigenvalue weighted by molar-refractivity contribution is -0.144. The molecule has 1 N–H and O–H groups in total. The predicted molar refractivity (Wildman–Crippen MR) is 66.8 cm³/mol. The lowest BCUT2D eigenvalue weighted by atomic mass is 9.82. The molecule has 0 saturated carbocycles. The Morgan fingerprint density at radius 3 is 2.82 bits per heavy atom. The highest BCUT2D eigenvalue weighted by molar-refractivity contribution is 5.77. The van der Waals surface area contributed by atoms with Crippen LogP contribution in [0.1, 0.15) is 30.5 Å². The third kappa shape index (κ3) is 2.20. The molecule has 1 aliphatic rings. The molecule has 0 aromatic heterocycles. The van der Waals surface area contributed by atoms with Crippen LogP contribution in [-0.4, -0.2) is 19.1 Å². The van der Waals surface area contributed by atoms with Gasteiger partial charge < -0.3 is 4.74 Å². The van der Waals surface area contributed by atoms with E-state index in [1.54, 1.807) is 0 Å². The normalized spacial score (nSPS) is 21.8. The van der Waals surface area contributed by atoms with Gasteiger partial charge in [-0.25, -0.2) is 0 Å². The van der Waals surface area contributed by atoms with Crippen LogP contribution in [0.2, 0.25) is 0 Å². The zero-order valence-corrected chi connectivity index (χ0v) is 10.8. The quantitative estimate of drug-likeness (QED) is 0.753. The first kappa shape index (κ1) is 12.1. The molecule has 3 heteroatoms. The van der Waals surface area contributed by atoms with Crippen LogP contribution in [0.4, 0.5) is 0 Å². The first-order chi connectivity index (χ1) is 7.94. The topological polar surface area (TPSA) is 38.3 Å². The summed E-state index contributed by atoms with van der Waals surface area (Å²) in [6, 6.07) is 6.17. The Morgan fingerprint density at radius 2 is 2.18 bits per heavy atom. The molecule has 1 aromatic carbocycles. The summed E-state index contributed by atoms with van der Waals surface area (Å²) < 4.78 is 4.83. The van der Waals surface area contributed by atoms with Crippen LogP contribution < -0.4 is 5.32 Å². The van der Waals surface area contributed by atoms with Crippen LogP contribution in [0.25, 0.3) is 0 Å². The predicted octanol–water partition coefficient (Wildman–Crippen LogP) is 1.92. The Bertz CT molecular complexity index is 452. The first-order valence-electron chi connectivity index (χ1n) is 5.89. The maximum absolute atomic E-state index is 11.7. The summed E-state index contributed by atoms with van der Waals surface area (Å²) in [4.78, 5) is 11.7. The molecule has 1 heterocycles. The molecule has 1 aromatic rings. The van der Waals surface area contributed by atoms with E-state index in [9.17, 15) is 4.79 Å². The Hall–Kier alpha value is -1.35. The van der Waals surface area contributed by atoms with E-state index >= 15 is 0 Å². The minimum atomic E-state index is -0.246. The van der Waals surface area contributed by atoms with Crippen LogP contribution in [0.15, 0.2) is 18.2 Å². The first-order valence-corrected chi connectivity index (χ1v) is 5.89. The van der Waals surface area contributed by atoms with E-state index in [1.807, 2.05) is 0 Å². The fourth-order valence-electron chi connectivity index (χ4n) is 2.57. The summed E-state index contributed by atoms with van der Waals surface area (Å²) in [5.41, 5.74) is 3.54. The van der Waals surface area contributed by atoms with Crippen molar-refractivity contribution in [2.45, 2.75) is 38.8 Å². The van der Waals surface area contributed by atoms with Gasteiger partial charge in [-0.3, -0.25) is 10.1 Å². The zero-order chi connectivity index (χ0) is 12.6. The largest absolute Gasteiger partial charge is 0.468 e. The second kappa shape index (κ2) is 4.15. The fourth-order valence-corrected chi connectivity index (χ4v) is 2.57. The van der Waals surface area contributed by atoms with Crippen LogP contribution >= 0.6 is 0 Å². The van der Waals surface area contributed by atoms with Crippen molar-refractivity contribution >= 4 is 5.97 Å². The van der Waals surface area contributed by atoms with Gasteiger partial charge in [0.1, 0.15) is 6.04 Å². The molecule has 1 unspecified atom stereocenters. The van der Waals surface area contributed by atoms with Crippen molar-refractivity contribution in [1.29, 1.82) is 0 Å². The highest BCUT2D eigenvalue weighted by Crippen LogP contribution is 2.30. The highest BCUT2D eigenvalue weighted by Gasteiger charge is 2.35. The molecule has 1 aliphatic heterocycles. The minimum absolute atomic E-state index is 0.190. The number of aryl methyl sites for hydroxylation is 1. The maximum Gasteiger partial charge on any atom is 0.323 e. The second-order valence-corrected chi connectivity index (χ2v) is 5.21. The van der Waals surface area contributed by atoms with Crippen LogP contribution in [0, 0.1) is 6.92 Å². The molecular weight excluding hydrogens is 214 g/mol. The SMILES string of the molecule is COC(=O)C1Cc2cc(C)ccc2C(C)(C)N1. The number of methoxy groups -OCH3 is 1. The standard InChI is InChI=1S/C14H19NO2/c1-9-5-6-11-10(7-9)8-12(13(16)17-4)15-14(11,2)3/h5-7,12,15H,8H2,1-4H3. The Labute approximate surface area is 102 Å². The van der Waals surface area contributed by atoms with Gasteiger partial charge in [0.15, 0.2) is 0 Å². The van der Waals surface area contributed by atoms with Crippen molar-refractivity contribution in [3.63, 3.8) is 0 Å². The van der Waals surface area contributed by atoms with E-state index in [4.69, 9.17) is 4.74 Å². The van der Waals surface area contributed by atoms with Crippen LogP contribution in [0.3, 0.4) is 0 Å². The molecule has 92 valence electrons. The molecule has 0 bridgehead atoms. The summed E-state index contributed by atoms with van der Waals surface area (Å²) in [5.74, 6) is -0.190. The molecule has 0 spiro atoms. The number of hydrogen-bond donors (Lipinski definition) is 1. The van der Waals surface area contributed by atoms with Gasteiger partial charge in [0.25, 0.3) is 0 Å². The average molecular weight is 233 g/mol. The minimum Gasteiger partial charge on any atom is -0.468 e. The molecule has 0 radical (unpaired) electrons. The van der Waals surface area contributed by atoms with Gasteiger partial charge in [-0.2, -0.15) is 0 Å². The van der Waals surface area contributed by atoms with Crippen molar-refractivity contribution < 1.29 is 9.53 Å². The lowest BCUT2D eigenvalue weighted by Gasteiger charge is -2.38. The molecule has 1 atom stereocenters. The van der Waals surface area contributed by atoms with E-state index in [1.165, 1.54) is 23.8 Å². The smallest absolute Gasteiger partial charge is 0.323 e. The van der Waals surface area contributed by atoms with Gasteiger partial charge in [-0.05, 0) is 38.3 Å². The van der Waals surface area contributed by atoms with Gasteiger partial charge in [-0.15, -0.1) is 0 Å². The number of nitrogens with one attached hydrogen (secondary N) is 1. The third-order valence-electron chi connectivity index (χ3n) is 3.38. The van der Waals surface area contributed by atoms with E-state index in [-0.39, 0.29) is 17.6 Å². The van der Waals surface area contributed by atoms with Crippen molar-refractivity contribution in [2.75, 3.05) is 7.11 Å². The molecule has 0 aliphatic carbocycles. The molecular formula is C14H19NO2. The van der Waals surface area contributed by atoms with E-state index in [2.05, 4.69) is 44.3 Å². The molecule has 0 amide bonds. The average Bonchev–Trinajstić information content (AvgIpc) is 2.26. The number of ether oxygens (including phenoxy) is 1. The van der Waals surface area contributed by atoms with Gasteiger partial charge in [0, 0.05) is 5.54 Å². The maximum atomic E-state index is 11.7. The number of carbonyl (C=O) groups excluding carboxylic acids is 1. The van der Waals surface area contributed by atoms with Crippen LogP contribution in [-0.2, 0) is 21.5 Å². The second-order valence-electron chi connectivity index (χ2n) is 5.21. The summed E-state index contributed by atoms with van der Waals surface area (Å²) in [7, 11) is 1.43. The Balaban J connectivity index is 2.41. The van der Waals surface area contributed by atoms with Gasteiger partial charge in [0.05, 0.1) is 7.11 Å². The summed E-state index contributed by atoms with van der Waals surface area (Å²) in [6.45, 7) is 6.26. The number of esters is 1. The van der Waals surface area contributed by atoms with Gasteiger partial charge >= 0.3 is 5.97 Å².